The van der Waals surface area contributed by atoms with E-state index >= 15 is 0 Å². The molecule has 6 heteroatoms. The van der Waals surface area contributed by atoms with Crippen LogP contribution in [0.1, 0.15) is 22.3 Å². The first kappa shape index (κ1) is 17.1. The van der Waals surface area contributed by atoms with E-state index in [2.05, 4.69) is 0 Å². The van der Waals surface area contributed by atoms with Gasteiger partial charge in [-0.25, -0.2) is 9.18 Å². The maximum atomic E-state index is 14.6. The van der Waals surface area contributed by atoms with Crippen molar-refractivity contribution in [1.29, 1.82) is 0 Å². The maximum absolute atomic E-state index is 14.6. The van der Waals surface area contributed by atoms with E-state index in [0.29, 0.717) is 17.4 Å². The molecule has 1 aliphatic rings. The molecule has 2 rings (SSSR count). The second-order valence-corrected chi connectivity index (χ2v) is 4.92. The van der Waals surface area contributed by atoms with Crippen LogP contribution in [0.4, 0.5) is 4.39 Å². The first-order valence-corrected chi connectivity index (χ1v) is 6.87. The Labute approximate surface area is 133 Å². The summed E-state index contributed by atoms with van der Waals surface area (Å²) in [6.07, 6.45) is 1.63. The minimum absolute atomic E-state index is 0.169. The first-order valence-electron chi connectivity index (χ1n) is 6.87. The SMILES string of the molecule is COC(=O)C1=C(c2ccccc2C=O)C=C(F)C(OC)(OC)C1. The van der Waals surface area contributed by atoms with Crippen LogP contribution >= 0.6 is 0 Å². The van der Waals surface area contributed by atoms with Gasteiger partial charge in [-0.2, -0.15) is 0 Å². The minimum atomic E-state index is -1.68. The summed E-state index contributed by atoms with van der Waals surface area (Å²) >= 11 is 0. The lowest BCUT2D eigenvalue weighted by Gasteiger charge is -2.33. The van der Waals surface area contributed by atoms with E-state index < -0.39 is 17.6 Å². The van der Waals surface area contributed by atoms with E-state index in [1.807, 2.05) is 0 Å². The number of carbonyl (C=O) groups excluding carboxylic acids is 2. The third kappa shape index (κ3) is 2.95. The lowest BCUT2D eigenvalue weighted by Crippen LogP contribution is -2.38. The minimum Gasteiger partial charge on any atom is -0.466 e. The standard InChI is InChI=1S/C17H17FO5/c1-21-16(20)14-9-17(22-2,23-3)15(18)8-13(14)12-7-5-4-6-11(12)10-19/h4-8,10H,9H2,1-3H3. The zero-order chi connectivity index (χ0) is 17.0. The molecule has 0 aromatic heterocycles. The number of methoxy groups -OCH3 is 3. The maximum Gasteiger partial charge on any atom is 0.334 e. The third-order valence-electron chi connectivity index (χ3n) is 3.84. The summed E-state index contributed by atoms with van der Waals surface area (Å²) < 4.78 is 29.6. The van der Waals surface area contributed by atoms with Crippen LogP contribution in [0, 0.1) is 0 Å². The monoisotopic (exact) mass is 320 g/mol. The van der Waals surface area contributed by atoms with Gasteiger partial charge in [-0.3, -0.25) is 4.79 Å². The molecule has 0 bridgehead atoms. The molecular weight excluding hydrogens is 303 g/mol. The van der Waals surface area contributed by atoms with Gasteiger partial charge in [-0.1, -0.05) is 24.3 Å². The van der Waals surface area contributed by atoms with Crippen LogP contribution in [0.3, 0.4) is 0 Å². The van der Waals surface area contributed by atoms with Crippen molar-refractivity contribution in [3.05, 3.63) is 52.9 Å². The average Bonchev–Trinajstić information content (AvgIpc) is 2.61. The average molecular weight is 320 g/mol. The first-order chi connectivity index (χ1) is 11.0. The molecule has 1 aliphatic carbocycles. The topological polar surface area (TPSA) is 61.8 Å². The number of aldehydes is 1. The number of hydrogen-bond acceptors (Lipinski definition) is 5. The number of benzene rings is 1. The van der Waals surface area contributed by atoms with Crippen LogP contribution in [0.15, 0.2) is 41.7 Å². The molecule has 0 N–H and O–H groups in total. The van der Waals surface area contributed by atoms with Gasteiger partial charge in [0.05, 0.1) is 12.7 Å². The molecule has 0 fully saturated rings. The summed E-state index contributed by atoms with van der Waals surface area (Å²) in [5, 5.41) is 0. The summed E-state index contributed by atoms with van der Waals surface area (Å²) in [5.74, 6) is -3.00. The van der Waals surface area contributed by atoms with Crippen molar-refractivity contribution in [2.24, 2.45) is 0 Å². The smallest absolute Gasteiger partial charge is 0.334 e. The van der Waals surface area contributed by atoms with E-state index in [1.54, 1.807) is 24.3 Å². The number of rotatable bonds is 5. The fourth-order valence-electron chi connectivity index (χ4n) is 2.55. The van der Waals surface area contributed by atoms with Gasteiger partial charge in [-0.05, 0) is 17.2 Å². The fourth-order valence-corrected chi connectivity index (χ4v) is 2.55. The second-order valence-electron chi connectivity index (χ2n) is 4.92. The molecule has 0 unspecified atom stereocenters. The van der Waals surface area contributed by atoms with E-state index in [4.69, 9.17) is 14.2 Å². The number of hydrogen-bond donors (Lipinski definition) is 0. The summed E-state index contributed by atoms with van der Waals surface area (Å²) in [6, 6.07) is 6.61. The normalized spacial score (nSPS) is 16.8. The van der Waals surface area contributed by atoms with E-state index in [1.165, 1.54) is 21.3 Å². The molecule has 0 atom stereocenters. The van der Waals surface area contributed by atoms with E-state index in [9.17, 15) is 14.0 Å². The van der Waals surface area contributed by atoms with E-state index in [-0.39, 0.29) is 17.6 Å². The van der Waals surface area contributed by atoms with Crippen LogP contribution in [-0.4, -0.2) is 39.4 Å². The largest absolute Gasteiger partial charge is 0.466 e. The second kappa shape index (κ2) is 6.85. The predicted octanol–water partition coefficient (Wildman–Crippen LogP) is 2.67. The molecule has 0 spiro atoms. The van der Waals surface area contributed by atoms with Gasteiger partial charge in [0.25, 0.3) is 0 Å². The zero-order valence-electron chi connectivity index (χ0n) is 13.1. The molecule has 0 amide bonds. The number of halogens is 1. The molecule has 0 heterocycles. The molecule has 5 nitrogen and oxygen atoms in total. The Morgan fingerprint density at radius 1 is 1.22 bits per heavy atom. The summed E-state index contributed by atoms with van der Waals surface area (Å²) in [5.41, 5.74) is 1.24. The van der Waals surface area contributed by atoms with Crippen molar-refractivity contribution in [3.63, 3.8) is 0 Å². The number of carbonyl (C=O) groups is 2. The molecule has 0 radical (unpaired) electrons. The molecule has 122 valence electrons. The van der Waals surface area contributed by atoms with Gasteiger partial charge in [0.1, 0.15) is 0 Å². The zero-order valence-corrected chi connectivity index (χ0v) is 13.1. The number of esters is 1. The summed E-state index contributed by atoms with van der Waals surface area (Å²) in [6.45, 7) is 0. The molecule has 23 heavy (non-hydrogen) atoms. The van der Waals surface area contributed by atoms with E-state index in [0.717, 1.165) is 6.08 Å². The highest BCUT2D eigenvalue weighted by Crippen LogP contribution is 2.41. The Bertz CT molecular complexity index is 686. The van der Waals surface area contributed by atoms with Crippen LogP contribution in [0.5, 0.6) is 0 Å². The summed E-state index contributed by atoms with van der Waals surface area (Å²) in [7, 11) is 3.81. The number of ether oxygens (including phenoxy) is 3. The quantitative estimate of drug-likeness (QED) is 0.474. The Morgan fingerprint density at radius 2 is 1.87 bits per heavy atom. The predicted molar refractivity (Wildman–Crippen MR) is 81.3 cm³/mol. The molecule has 0 saturated heterocycles. The lowest BCUT2D eigenvalue weighted by molar-refractivity contribution is -0.190. The highest BCUT2D eigenvalue weighted by molar-refractivity contribution is 6.03. The van der Waals surface area contributed by atoms with Crippen molar-refractivity contribution in [2.45, 2.75) is 12.2 Å². The van der Waals surface area contributed by atoms with Crippen molar-refractivity contribution in [2.75, 3.05) is 21.3 Å². The van der Waals surface area contributed by atoms with Crippen LogP contribution in [0.2, 0.25) is 0 Å². The Morgan fingerprint density at radius 3 is 2.43 bits per heavy atom. The number of allylic oxidation sites excluding steroid dienone is 2. The molecule has 0 aliphatic heterocycles. The van der Waals surface area contributed by atoms with Gasteiger partial charge in [0.15, 0.2) is 12.1 Å². The molecule has 1 aromatic carbocycles. The van der Waals surface area contributed by atoms with Crippen molar-refractivity contribution >= 4 is 17.8 Å². The van der Waals surface area contributed by atoms with Gasteiger partial charge < -0.3 is 14.2 Å². The Kier molecular flexibility index (Phi) is 5.08. The Balaban J connectivity index is 2.69. The molecule has 0 saturated carbocycles. The van der Waals surface area contributed by atoms with Crippen molar-refractivity contribution in [3.8, 4) is 0 Å². The van der Waals surface area contributed by atoms with Gasteiger partial charge >= 0.3 is 5.97 Å². The molecular formula is C17H17FO5. The Hall–Kier alpha value is -2.31. The lowest BCUT2D eigenvalue weighted by atomic mass is 9.86. The van der Waals surface area contributed by atoms with Crippen molar-refractivity contribution in [1.82, 2.24) is 0 Å². The van der Waals surface area contributed by atoms with Crippen molar-refractivity contribution < 1.29 is 28.2 Å². The van der Waals surface area contributed by atoms with Gasteiger partial charge in [-0.15, -0.1) is 0 Å². The van der Waals surface area contributed by atoms with Crippen LogP contribution < -0.4 is 0 Å². The highest BCUT2D eigenvalue weighted by atomic mass is 19.1. The van der Waals surface area contributed by atoms with Crippen LogP contribution in [0.25, 0.3) is 5.57 Å². The van der Waals surface area contributed by atoms with Crippen LogP contribution in [-0.2, 0) is 19.0 Å². The fraction of sp³-hybridized carbons (Fsp3) is 0.294. The van der Waals surface area contributed by atoms with Gasteiger partial charge in [0, 0.05) is 26.2 Å². The van der Waals surface area contributed by atoms with Gasteiger partial charge in [0.2, 0.25) is 5.79 Å². The highest BCUT2D eigenvalue weighted by Gasteiger charge is 2.42. The summed E-state index contributed by atoms with van der Waals surface area (Å²) in [4.78, 5) is 23.4. The third-order valence-corrected chi connectivity index (χ3v) is 3.84. The molecule has 1 aromatic rings.